The molecule has 0 bridgehead atoms. The Morgan fingerprint density at radius 2 is 0.650 bits per heavy atom. The van der Waals surface area contributed by atoms with Crippen molar-refractivity contribution in [2.75, 3.05) is 26.4 Å². The Morgan fingerprint density at radius 3 is 1.04 bits per heavy atom. The number of ether oxygens (including phenoxy) is 6. The molecule has 3 saturated heterocycles. The molecule has 0 aromatic rings. The van der Waals surface area contributed by atoms with Crippen molar-refractivity contribution < 1.29 is 89.4 Å². The van der Waals surface area contributed by atoms with E-state index in [2.05, 4.69) is 79.9 Å². The van der Waals surface area contributed by atoms with Crippen LogP contribution in [0.5, 0.6) is 0 Å². The third kappa shape index (κ3) is 43.9. The molecule has 0 aromatic heterocycles. The van der Waals surface area contributed by atoms with Crippen molar-refractivity contribution in [2.24, 2.45) is 0 Å². The minimum Gasteiger partial charge on any atom is -0.394 e. The van der Waals surface area contributed by atoms with Crippen molar-refractivity contribution in [3.8, 4) is 0 Å². The Morgan fingerprint density at radius 1 is 0.350 bits per heavy atom. The molecule has 3 aliphatic rings. The summed E-state index contributed by atoms with van der Waals surface area (Å²) in [6.07, 6.45) is 57.5. The van der Waals surface area contributed by atoms with Crippen LogP contribution in [0.4, 0.5) is 0 Å². The van der Waals surface area contributed by atoms with E-state index in [1.807, 2.05) is 6.08 Å². The van der Waals surface area contributed by atoms with Gasteiger partial charge in [-0.3, -0.25) is 4.79 Å². The van der Waals surface area contributed by atoms with E-state index in [-0.39, 0.29) is 18.9 Å². The molecular formula is C84H151NO18. The number of aliphatic hydroxyl groups excluding tert-OH is 11. The first-order valence-corrected chi connectivity index (χ1v) is 41.7. The molecule has 0 aliphatic carbocycles. The van der Waals surface area contributed by atoms with Gasteiger partial charge in [0.15, 0.2) is 18.9 Å². The van der Waals surface area contributed by atoms with E-state index in [0.717, 1.165) is 57.8 Å². The van der Waals surface area contributed by atoms with Gasteiger partial charge in [-0.05, 0) is 83.5 Å². The molecule has 0 saturated carbocycles. The van der Waals surface area contributed by atoms with Gasteiger partial charge in [-0.15, -0.1) is 0 Å². The summed E-state index contributed by atoms with van der Waals surface area (Å²) >= 11 is 0. The molecule has 0 radical (unpaired) electrons. The maximum Gasteiger partial charge on any atom is 0.220 e. The summed E-state index contributed by atoms with van der Waals surface area (Å²) in [6.45, 7) is 1.74. The van der Waals surface area contributed by atoms with E-state index in [1.54, 1.807) is 6.08 Å². The van der Waals surface area contributed by atoms with Gasteiger partial charge >= 0.3 is 0 Å². The number of unbranched alkanes of at least 4 members (excludes halogenated alkanes) is 40. The molecule has 12 N–H and O–H groups in total. The number of carbonyl (C=O) groups is 1. The Kier molecular flexibility index (Phi) is 58.8. The molecule has 103 heavy (non-hydrogen) atoms. The number of aliphatic hydroxyl groups is 11. The highest BCUT2D eigenvalue weighted by Crippen LogP contribution is 2.33. The van der Waals surface area contributed by atoms with Gasteiger partial charge in [-0.1, -0.05) is 305 Å². The number of allylic oxidation sites excluding steroid dienone is 11. The highest BCUT2D eigenvalue weighted by atomic mass is 16.8. The van der Waals surface area contributed by atoms with E-state index in [9.17, 15) is 61.0 Å². The average Bonchev–Trinajstić information content (AvgIpc) is 0.781. The molecule has 17 atom stereocenters. The molecule has 3 aliphatic heterocycles. The van der Waals surface area contributed by atoms with Crippen LogP contribution in [0.15, 0.2) is 72.9 Å². The number of hydrogen-bond acceptors (Lipinski definition) is 18. The first kappa shape index (κ1) is 94.4. The number of nitrogens with one attached hydrogen (secondary N) is 1. The largest absolute Gasteiger partial charge is 0.394 e. The first-order valence-electron chi connectivity index (χ1n) is 41.7. The summed E-state index contributed by atoms with van der Waals surface area (Å²) in [6, 6.07) is -1.00. The predicted molar refractivity (Wildman–Crippen MR) is 411 cm³/mol. The van der Waals surface area contributed by atoms with Crippen LogP contribution < -0.4 is 5.32 Å². The Labute approximate surface area is 623 Å². The average molecular weight is 1460 g/mol. The highest BCUT2D eigenvalue weighted by Gasteiger charge is 2.54. The molecule has 0 spiro atoms. The Bertz CT molecular complexity index is 2140. The summed E-state index contributed by atoms with van der Waals surface area (Å²) in [7, 11) is 0. The predicted octanol–water partition coefficient (Wildman–Crippen LogP) is 14.4. The van der Waals surface area contributed by atoms with Gasteiger partial charge in [-0.25, -0.2) is 0 Å². The second-order valence-electron chi connectivity index (χ2n) is 29.6. The number of hydrogen-bond donors (Lipinski definition) is 12. The van der Waals surface area contributed by atoms with E-state index >= 15 is 0 Å². The molecule has 19 nitrogen and oxygen atoms in total. The van der Waals surface area contributed by atoms with Crippen molar-refractivity contribution in [3.63, 3.8) is 0 Å². The van der Waals surface area contributed by atoms with Gasteiger partial charge in [0.2, 0.25) is 5.91 Å². The number of carbonyl (C=O) groups excluding carboxylic acids is 1. The van der Waals surface area contributed by atoms with E-state index in [0.29, 0.717) is 12.8 Å². The van der Waals surface area contributed by atoms with Gasteiger partial charge in [0.05, 0.1) is 38.6 Å². The zero-order valence-corrected chi connectivity index (χ0v) is 64.3. The fraction of sp³-hybridized carbons (Fsp3) is 0.845. The molecular weight excluding hydrogens is 1310 g/mol. The van der Waals surface area contributed by atoms with E-state index in [4.69, 9.17) is 28.4 Å². The lowest BCUT2D eigenvalue weighted by atomic mass is 9.96. The molecule has 0 aromatic carbocycles. The van der Waals surface area contributed by atoms with Crippen molar-refractivity contribution >= 4 is 5.91 Å². The molecule has 3 rings (SSSR count). The zero-order chi connectivity index (χ0) is 74.6. The van der Waals surface area contributed by atoms with Gasteiger partial charge in [0.25, 0.3) is 0 Å². The zero-order valence-electron chi connectivity index (χ0n) is 64.3. The first-order chi connectivity index (χ1) is 50.3. The maximum absolute atomic E-state index is 13.5. The quantitative estimate of drug-likeness (QED) is 0.0199. The van der Waals surface area contributed by atoms with Crippen molar-refractivity contribution in [1.82, 2.24) is 5.32 Å². The van der Waals surface area contributed by atoms with Crippen LogP contribution in [0.2, 0.25) is 0 Å². The SMILES string of the molecule is CCCCCCC/C=C\C/C=C\C/C=C\CCCCCCCCCCCCCCCCCCC(=O)NC(COC1OC(CO)C(OC2OC(CO)C(OC3OC(CO)C(O)C(O)C3O)C(O)C2O)C(O)C1O)C(O)/C=C/CC/C=C/CC/C=C/CCCCCCCCCCCCCCCCCCC. The second kappa shape index (κ2) is 64.1. The third-order valence-electron chi connectivity index (χ3n) is 20.5. The molecule has 19 heteroatoms. The van der Waals surface area contributed by atoms with Gasteiger partial charge < -0.3 is 89.9 Å². The summed E-state index contributed by atoms with van der Waals surface area (Å²) in [5.41, 5.74) is 0. The molecule has 1 amide bonds. The fourth-order valence-corrected chi connectivity index (χ4v) is 13.8. The minimum atomic E-state index is -1.99. The summed E-state index contributed by atoms with van der Waals surface area (Å²) in [5, 5.41) is 121. The van der Waals surface area contributed by atoms with Crippen LogP contribution in [0.1, 0.15) is 322 Å². The van der Waals surface area contributed by atoms with Crippen molar-refractivity contribution in [1.29, 1.82) is 0 Å². The van der Waals surface area contributed by atoms with E-state index < -0.39 is 124 Å². The molecule has 3 heterocycles. The lowest BCUT2D eigenvalue weighted by Crippen LogP contribution is -2.66. The summed E-state index contributed by atoms with van der Waals surface area (Å²) < 4.78 is 34.4. The summed E-state index contributed by atoms with van der Waals surface area (Å²) in [5.74, 6) is -0.287. The number of amides is 1. The summed E-state index contributed by atoms with van der Waals surface area (Å²) in [4.78, 5) is 13.5. The van der Waals surface area contributed by atoms with Crippen LogP contribution >= 0.6 is 0 Å². The second-order valence-corrected chi connectivity index (χ2v) is 29.6. The van der Waals surface area contributed by atoms with Crippen LogP contribution in [0.25, 0.3) is 0 Å². The molecule has 600 valence electrons. The highest BCUT2D eigenvalue weighted by molar-refractivity contribution is 5.76. The lowest BCUT2D eigenvalue weighted by Gasteiger charge is -2.48. The Balaban J connectivity index is 1.38. The van der Waals surface area contributed by atoms with E-state index in [1.165, 1.54) is 231 Å². The minimum absolute atomic E-state index is 0.230. The van der Waals surface area contributed by atoms with Gasteiger partial charge in [-0.2, -0.15) is 0 Å². The smallest absolute Gasteiger partial charge is 0.220 e. The van der Waals surface area contributed by atoms with Crippen molar-refractivity contribution in [2.45, 2.75) is 426 Å². The Hall–Kier alpha value is -2.77. The monoisotopic (exact) mass is 1460 g/mol. The van der Waals surface area contributed by atoms with Crippen LogP contribution in [0, 0.1) is 0 Å². The van der Waals surface area contributed by atoms with Crippen LogP contribution in [-0.2, 0) is 33.2 Å². The topological polar surface area (TPSA) is 307 Å². The van der Waals surface area contributed by atoms with Crippen LogP contribution in [0.3, 0.4) is 0 Å². The van der Waals surface area contributed by atoms with Gasteiger partial charge in [0.1, 0.15) is 73.2 Å². The third-order valence-corrected chi connectivity index (χ3v) is 20.5. The standard InChI is InChI=1S/C84H151NO18/c1-3-5-7-9-11-13-15-17-19-21-23-25-27-29-31-32-33-34-36-38-40-42-44-46-48-50-52-54-56-58-60-62-72(90)85-67(68(89)61-59-57-55-53-51-49-47-45-43-41-39-37-35-30-28-26-24-22-20-18-16-14-12-10-8-6-4-2)66-98-82-78(96)75(93)80(70(64-87)100-82)103-84-79(97)76(94)81(71(65-88)101-84)102-83-77(95)74(92)73(91)69(63-86)99-83/h15,17,21,23,27,29,43,45,51,53,59,61,67-71,73-84,86-89,91-97H,3-14,16,18-20,22,24-26,28,30-42,44,46-50,52,54-58,60,62-66H2,1-2H3,(H,85,90)/b17-15-,23-21-,29-27-,45-43+,53-51+,61-59+. The lowest BCUT2D eigenvalue weighted by molar-refractivity contribution is -0.379. The molecule has 3 fully saturated rings. The van der Waals surface area contributed by atoms with Crippen LogP contribution in [-0.4, -0.2) is 193 Å². The number of rotatable bonds is 66. The van der Waals surface area contributed by atoms with Crippen molar-refractivity contribution in [3.05, 3.63) is 72.9 Å². The molecule has 17 unspecified atom stereocenters. The normalized spacial score (nSPS) is 26.4. The maximum atomic E-state index is 13.5. The fourth-order valence-electron chi connectivity index (χ4n) is 13.8. The van der Waals surface area contributed by atoms with Gasteiger partial charge in [0, 0.05) is 6.42 Å².